The van der Waals surface area contributed by atoms with Crippen LogP contribution in [0.2, 0.25) is 0 Å². The first kappa shape index (κ1) is 9.26. The molecule has 0 aliphatic heterocycles. The van der Waals surface area contributed by atoms with Crippen molar-refractivity contribution in [3.05, 3.63) is 16.3 Å². The number of anilines is 1. The van der Waals surface area contributed by atoms with E-state index in [1.807, 2.05) is 0 Å². The number of thiophene rings is 1. The zero-order chi connectivity index (χ0) is 6.85. The molecule has 0 radical (unpaired) electrons. The summed E-state index contributed by atoms with van der Waals surface area (Å²) in [5, 5.41) is 10.0. The highest BCUT2D eigenvalue weighted by atomic mass is 35.5. The lowest BCUT2D eigenvalue weighted by atomic mass is 10.4. The van der Waals surface area contributed by atoms with Gasteiger partial charge in [0, 0.05) is 0 Å². The standard InChI is InChI=1S/C5H5NO2S.ClH/c6-3-1-2-9-4(3)5(7)8;/h1-2H,6H2,(H,7,8);1H. The summed E-state index contributed by atoms with van der Waals surface area (Å²) in [6.07, 6.45) is 0. The molecule has 0 bridgehead atoms. The summed E-state index contributed by atoms with van der Waals surface area (Å²) in [7, 11) is 0. The molecule has 0 fully saturated rings. The molecular weight excluding hydrogens is 174 g/mol. The molecule has 10 heavy (non-hydrogen) atoms. The van der Waals surface area contributed by atoms with Gasteiger partial charge in [0.1, 0.15) is 4.88 Å². The zero-order valence-electron chi connectivity index (χ0n) is 4.90. The zero-order valence-corrected chi connectivity index (χ0v) is 6.54. The number of nitrogens with two attached hydrogens (primary N) is 1. The van der Waals surface area contributed by atoms with Gasteiger partial charge in [-0.25, -0.2) is 4.79 Å². The van der Waals surface area contributed by atoms with Gasteiger partial charge in [0.2, 0.25) is 0 Å². The molecule has 1 heterocycles. The number of hydrogen-bond acceptors (Lipinski definition) is 3. The van der Waals surface area contributed by atoms with Crippen LogP contribution < -0.4 is 5.73 Å². The number of hydrogen-bond donors (Lipinski definition) is 2. The van der Waals surface area contributed by atoms with E-state index in [-0.39, 0.29) is 17.3 Å². The Bertz CT molecular complexity index is 235. The minimum atomic E-state index is -0.956. The second-order valence-corrected chi connectivity index (χ2v) is 2.43. The van der Waals surface area contributed by atoms with E-state index < -0.39 is 5.97 Å². The smallest absolute Gasteiger partial charge is 0.348 e. The Labute approximate surface area is 67.9 Å². The van der Waals surface area contributed by atoms with Crippen LogP contribution in [0, 0.1) is 0 Å². The van der Waals surface area contributed by atoms with E-state index >= 15 is 0 Å². The van der Waals surface area contributed by atoms with Crippen LogP contribution in [0.3, 0.4) is 0 Å². The van der Waals surface area contributed by atoms with Gasteiger partial charge in [-0.05, 0) is 11.4 Å². The molecule has 0 atom stereocenters. The van der Waals surface area contributed by atoms with E-state index in [2.05, 4.69) is 0 Å². The van der Waals surface area contributed by atoms with Crippen LogP contribution in [-0.4, -0.2) is 11.1 Å². The molecule has 1 rings (SSSR count). The Kier molecular flexibility index (Phi) is 3.18. The van der Waals surface area contributed by atoms with Gasteiger partial charge in [0.15, 0.2) is 0 Å². The van der Waals surface area contributed by atoms with Gasteiger partial charge in [-0.2, -0.15) is 0 Å². The highest BCUT2D eigenvalue weighted by molar-refractivity contribution is 7.12. The van der Waals surface area contributed by atoms with Crippen molar-refractivity contribution >= 4 is 35.4 Å². The van der Waals surface area contributed by atoms with Crippen molar-refractivity contribution in [2.45, 2.75) is 0 Å². The molecule has 0 spiro atoms. The monoisotopic (exact) mass is 179 g/mol. The Morgan fingerprint density at radius 3 is 2.50 bits per heavy atom. The Hall–Kier alpha value is -0.740. The highest BCUT2D eigenvalue weighted by Gasteiger charge is 2.06. The minimum Gasteiger partial charge on any atom is -0.477 e. The van der Waals surface area contributed by atoms with E-state index in [0.29, 0.717) is 5.69 Å². The molecule has 0 saturated heterocycles. The second kappa shape index (κ2) is 3.43. The third-order valence-electron chi connectivity index (χ3n) is 0.890. The van der Waals surface area contributed by atoms with Gasteiger partial charge in [-0.15, -0.1) is 23.7 Å². The average molecular weight is 180 g/mol. The van der Waals surface area contributed by atoms with E-state index in [4.69, 9.17) is 10.8 Å². The second-order valence-electron chi connectivity index (χ2n) is 1.51. The number of carboxylic acid groups (broad SMARTS) is 1. The van der Waals surface area contributed by atoms with E-state index in [9.17, 15) is 4.79 Å². The number of carboxylic acids is 1. The third kappa shape index (κ3) is 1.62. The predicted octanol–water partition coefficient (Wildman–Crippen LogP) is 1.45. The predicted molar refractivity (Wildman–Crippen MR) is 42.9 cm³/mol. The maximum atomic E-state index is 10.2. The Balaban J connectivity index is 0.000000810. The fourth-order valence-electron chi connectivity index (χ4n) is 0.493. The van der Waals surface area contributed by atoms with Crippen molar-refractivity contribution in [2.24, 2.45) is 0 Å². The highest BCUT2D eigenvalue weighted by Crippen LogP contribution is 2.17. The Morgan fingerprint density at radius 2 is 2.30 bits per heavy atom. The Morgan fingerprint density at radius 1 is 1.70 bits per heavy atom. The lowest BCUT2D eigenvalue weighted by Gasteiger charge is -1.86. The SMILES string of the molecule is Cl.Nc1ccsc1C(=O)O. The number of rotatable bonds is 1. The molecular formula is C5H6ClNO2S. The van der Waals surface area contributed by atoms with Crippen LogP contribution in [-0.2, 0) is 0 Å². The number of halogens is 1. The molecule has 3 N–H and O–H groups in total. The van der Waals surface area contributed by atoms with Crippen molar-refractivity contribution in [1.82, 2.24) is 0 Å². The fraction of sp³-hybridized carbons (Fsp3) is 0. The molecule has 3 nitrogen and oxygen atoms in total. The van der Waals surface area contributed by atoms with Crippen LogP contribution in [0.1, 0.15) is 9.67 Å². The lowest BCUT2D eigenvalue weighted by molar-refractivity contribution is 0.0703. The number of aromatic carboxylic acids is 1. The van der Waals surface area contributed by atoms with E-state index in [0.717, 1.165) is 11.3 Å². The van der Waals surface area contributed by atoms with Gasteiger partial charge in [-0.1, -0.05) is 0 Å². The molecule has 0 amide bonds. The van der Waals surface area contributed by atoms with Gasteiger partial charge >= 0.3 is 5.97 Å². The minimum absolute atomic E-state index is 0. The average Bonchev–Trinajstić information content (AvgIpc) is 2.13. The first-order valence-electron chi connectivity index (χ1n) is 2.28. The van der Waals surface area contributed by atoms with E-state index in [1.165, 1.54) is 0 Å². The summed E-state index contributed by atoms with van der Waals surface area (Å²) in [4.78, 5) is 10.4. The van der Waals surface area contributed by atoms with Gasteiger partial charge in [0.05, 0.1) is 5.69 Å². The van der Waals surface area contributed by atoms with E-state index in [1.54, 1.807) is 11.4 Å². The van der Waals surface area contributed by atoms with Crippen molar-refractivity contribution < 1.29 is 9.90 Å². The lowest BCUT2D eigenvalue weighted by Crippen LogP contribution is -1.96. The van der Waals surface area contributed by atoms with Gasteiger partial charge in [-0.3, -0.25) is 0 Å². The first-order chi connectivity index (χ1) is 4.22. The van der Waals surface area contributed by atoms with Crippen LogP contribution >= 0.6 is 23.7 Å². The van der Waals surface area contributed by atoms with Crippen LogP contribution in [0.15, 0.2) is 11.4 Å². The molecule has 1 aromatic rings. The maximum Gasteiger partial charge on any atom is 0.348 e. The van der Waals surface area contributed by atoms with Crippen LogP contribution in [0.25, 0.3) is 0 Å². The molecule has 1 aromatic heterocycles. The largest absolute Gasteiger partial charge is 0.477 e. The molecule has 0 aliphatic rings. The topological polar surface area (TPSA) is 63.3 Å². The van der Waals surface area contributed by atoms with Crippen molar-refractivity contribution in [1.29, 1.82) is 0 Å². The summed E-state index contributed by atoms with van der Waals surface area (Å²) in [6, 6.07) is 1.58. The summed E-state index contributed by atoms with van der Waals surface area (Å²) < 4.78 is 0. The maximum absolute atomic E-state index is 10.2. The van der Waals surface area contributed by atoms with Crippen LogP contribution in [0.4, 0.5) is 5.69 Å². The quantitative estimate of drug-likeness (QED) is 0.686. The molecule has 0 aromatic carbocycles. The molecule has 0 unspecified atom stereocenters. The molecule has 0 aliphatic carbocycles. The molecule has 56 valence electrons. The van der Waals surface area contributed by atoms with Crippen molar-refractivity contribution in [3.8, 4) is 0 Å². The summed E-state index contributed by atoms with van der Waals surface area (Å²) in [5.41, 5.74) is 5.61. The summed E-state index contributed by atoms with van der Waals surface area (Å²) in [5.74, 6) is -0.956. The first-order valence-corrected chi connectivity index (χ1v) is 3.16. The molecule has 0 saturated carbocycles. The fourth-order valence-corrected chi connectivity index (χ4v) is 1.15. The van der Waals surface area contributed by atoms with Crippen molar-refractivity contribution in [3.63, 3.8) is 0 Å². The summed E-state index contributed by atoms with van der Waals surface area (Å²) in [6.45, 7) is 0. The number of carbonyl (C=O) groups is 1. The van der Waals surface area contributed by atoms with Gasteiger partial charge in [0.25, 0.3) is 0 Å². The third-order valence-corrected chi connectivity index (χ3v) is 1.81. The van der Waals surface area contributed by atoms with Crippen molar-refractivity contribution in [2.75, 3.05) is 5.73 Å². The van der Waals surface area contributed by atoms with Crippen LogP contribution in [0.5, 0.6) is 0 Å². The van der Waals surface area contributed by atoms with Gasteiger partial charge < -0.3 is 10.8 Å². The number of nitrogen functional groups attached to an aromatic ring is 1. The normalized spacial score (nSPS) is 8.40. The molecule has 5 heteroatoms. The summed E-state index contributed by atoms with van der Waals surface area (Å²) >= 11 is 1.13.